The van der Waals surface area contributed by atoms with Gasteiger partial charge in [-0.25, -0.2) is 4.39 Å². The van der Waals surface area contributed by atoms with E-state index in [-0.39, 0.29) is 5.82 Å². The zero-order chi connectivity index (χ0) is 15.5. The molecule has 2 aromatic rings. The van der Waals surface area contributed by atoms with E-state index in [1.807, 2.05) is 12.1 Å². The van der Waals surface area contributed by atoms with Crippen LogP contribution >= 0.6 is 0 Å². The second-order valence-electron chi connectivity index (χ2n) is 6.09. The van der Waals surface area contributed by atoms with Crippen LogP contribution < -0.4 is 4.90 Å². The molecule has 3 rings (SSSR count). The Balaban J connectivity index is 1.62. The van der Waals surface area contributed by atoms with E-state index in [2.05, 4.69) is 47.9 Å². The highest BCUT2D eigenvalue weighted by Crippen LogP contribution is 2.24. The lowest BCUT2D eigenvalue weighted by molar-refractivity contribution is 0.198. The summed E-state index contributed by atoms with van der Waals surface area (Å²) in [4.78, 5) is 4.92. The second kappa shape index (κ2) is 6.49. The summed E-state index contributed by atoms with van der Waals surface area (Å²) in [5.41, 5.74) is 3.80. The van der Waals surface area contributed by atoms with E-state index in [1.165, 1.54) is 16.8 Å². The Kier molecular flexibility index (Phi) is 4.44. The van der Waals surface area contributed by atoms with Crippen molar-refractivity contribution in [2.45, 2.75) is 19.9 Å². The van der Waals surface area contributed by atoms with Crippen LogP contribution in [0, 0.1) is 12.7 Å². The first-order valence-corrected chi connectivity index (χ1v) is 7.94. The zero-order valence-electron chi connectivity index (χ0n) is 13.3. The fourth-order valence-electron chi connectivity index (χ4n) is 3.14. The van der Waals surface area contributed by atoms with Crippen LogP contribution in [0.3, 0.4) is 0 Å². The molecule has 0 saturated carbocycles. The molecule has 0 amide bonds. The first kappa shape index (κ1) is 15.0. The third-order valence-electron chi connectivity index (χ3n) is 4.58. The number of hydrogen-bond donors (Lipinski definition) is 0. The number of benzene rings is 2. The lowest BCUT2D eigenvalue weighted by atomic mass is 10.1. The summed E-state index contributed by atoms with van der Waals surface area (Å²) in [6.07, 6.45) is 0. The summed E-state index contributed by atoms with van der Waals surface area (Å²) in [7, 11) is 0. The number of anilines is 1. The maximum Gasteiger partial charge on any atom is 0.123 e. The molecule has 1 fully saturated rings. The second-order valence-corrected chi connectivity index (χ2v) is 6.09. The van der Waals surface area contributed by atoms with E-state index in [4.69, 9.17) is 0 Å². The number of rotatable bonds is 3. The van der Waals surface area contributed by atoms with Crippen LogP contribution in [0.1, 0.15) is 24.1 Å². The molecule has 116 valence electrons. The molecule has 1 heterocycles. The number of nitrogens with zero attached hydrogens (tertiary/aromatic N) is 2. The van der Waals surface area contributed by atoms with Gasteiger partial charge in [-0.3, -0.25) is 4.90 Å². The Morgan fingerprint density at radius 2 is 1.64 bits per heavy atom. The van der Waals surface area contributed by atoms with Crippen molar-refractivity contribution in [2.75, 3.05) is 31.1 Å². The molecule has 0 radical (unpaired) electrons. The third kappa shape index (κ3) is 3.30. The molecule has 1 saturated heterocycles. The molecule has 0 N–H and O–H groups in total. The van der Waals surface area contributed by atoms with Gasteiger partial charge in [0, 0.05) is 37.9 Å². The third-order valence-corrected chi connectivity index (χ3v) is 4.58. The van der Waals surface area contributed by atoms with Crippen molar-refractivity contribution in [3.63, 3.8) is 0 Å². The van der Waals surface area contributed by atoms with Gasteiger partial charge in [0.25, 0.3) is 0 Å². The molecule has 1 unspecified atom stereocenters. The van der Waals surface area contributed by atoms with Crippen molar-refractivity contribution in [2.24, 2.45) is 0 Å². The predicted molar refractivity (Wildman–Crippen MR) is 89.8 cm³/mol. The molecule has 1 aliphatic rings. The molecule has 1 atom stereocenters. The number of halogens is 1. The van der Waals surface area contributed by atoms with Gasteiger partial charge in [0.1, 0.15) is 5.82 Å². The summed E-state index contributed by atoms with van der Waals surface area (Å²) in [5.74, 6) is -0.166. The van der Waals surface area contributed by atoms with Crippen LogP contribution in [0.2, 0.25) is 0 Å². The Hall–Kier alpha value is -1.87. The molecule has 2 aromatic carbocycles. The number of aryl methyl sites for hydroxylation is 1. The zero-order valence-corrected chi connectivity index (χ0v) is 13.3. The van der Waals surface area contributed by atoms with Crippen molar-refractivity contribution >= 4 is 5.69 Å². The number of hydrogen-bond acceptors (Lipinski definition) is 2. The maximum absolute atomic E-state index is 13.0. The van der Waals surface area contributed by atoms with Crippen LogP contribution in [0.15, 0.2) is 48.5 Å². The van der Waals surface area contributed by atoms with Crippen LogP contribution in [0.4, 0.5) is 10.1 Å². The molecule has 0 bridgehead atoms. The molecule has 0 aliphatic carbocycles. The van der Waals surface area contributed by atoms with E-state index in [1.54, 1.807) is 12.1 Å². The fraction of sp³-hybridized carbons (Fsp3) is 0.368. The van der Waals surface area contributed by atoms with Crippen LogP contribution in [0.25, 0.3) is 0 Å². The van der Waals surface area contributed by atoms with Gasteiger partial charge >= 0.3 is 0 Å². The average Bonchev–Trinajstić information content (AvgIpc) is 2.55. The first-order valence-electron chi connectivity index (χ1n) is 7.94. The summed E-state index contributed by atoms with van der Waals surface area (Å²) in [6, 6.07) is 15.9. The first-order chi connectivity index (χ1) is 10.6. The number of piperazine rings is 1. The van der Waals surface area contributed by atoms with E-state index >= 15 is 0 Å². The molecule has 1 aliphatic heterocycles. The smallest absolute Gasteiger partial charge is 0.123 e. The van der Waals surface area contributed by atoms with Gasteiger partial charge in [-0.1, -0.05) is 24.3 Å². The van der Waals surface area contributed by atoms with Crippen molar-refractivity contribution in [3.05, 3.63) is 65.5 Å². The monoisotopic (exact) mass is 298 g/mol. The fourth-order valence-corrected chi connectivity index (χ4v) is 3.14. The van der Waals surface area contributed by atoms with Gasteiger partial charge in [-0.15, -0.1) is 0 Å². The van der Waals surface area contributed by atoms with Crippen molar-refractivity contribution in [3.8, 4) is 0 Å². The average molecular weight is 298 g/mol. The van der Waals surface area contributed by atoms with Gasteiger partial charge in [0.05, 0.1) is 0 Å². The van der Waals surface area contributed by atoms with E-state index < -0.39 is 0 Å². The SMILES string of the molecule is Cc1cccc(N2CCN(C(C)c3ccc(F)cc3)CC2)c1. The molecule has 0 aromatic heterocycles. The lowest BCUT2D eigenvalue weighted by Crippen LogP contribution is -2.47. The molecule has 2 nitrogen and oxygen atoms in total. The highest BCUT2D eigenvalue weighted by molar-refractivity contribution is 5.48. The van der Waals surface area contributed by atoms with Crippen molar-refractivity contribution < 1.29 is 4.39 Å². The van der Waals surface area contributed by atoms with E-state index in [9.17, 15) is 4.39 Å². The van der Waals surface area contributed by atoms with Crippen LogP contribution in [-0.4, -0.2) is 31.1 Å². The van der Waals surface area contributed by atoms with Gasteiger partial charge < -0.3 is 4.90 Å². The summed E-state index contributed by atoms with van der Waals surface area (Å²) in [6.45, 7) is 8.48. The van der Waals surface area contributed by atoms with Gasteiger partial charge in [0.2, 0.25) is 0 Å². The van der Waals surface area contributed by atoms with Gasteiger partial charge in [-0.05, 0) is 49.2 Å². The lowest BCUT2D eigenvalue weighted by Gasteiger charge is -2.39. The molecule has 3 heteroatoms. The maximum atomic E-state index is 13.0. The normalized spacial score (nSPS) is 17.5. The Bertz CT molecular complexity index is 616. The molecular formula is C19H23FN2. The summed E-state index contributed by atoms with van der Waals surface area (Å²) in [5, 5.41) is 0. The van der Waals surface area contributed by atoms with Crippen LogP contribution in [-0.2, 0) is 0 Å². The van der Waals surface area contributed by atoms with Gasteiger partial charge in [-0.2, -0.15) is 0 Å². The molecule has 22 heavy (non-hydrogen) atoms. The van der Waals surface area contributed by atoms with E-state index in [0.29, 0.717) is 6.04 Å². The summed E-state index contributed by atoms with van der Waals surface area (Å²) < 4.78 is 13.0. The Morgan fingerprint density at radius 3 is 2.27 bits per heavy atom. The quantitative estimate of drug-likeness (QED) is 0.844. The molecular weight excluding hydrogens is 275 g/mol. The highest BCUT2D eigenvalue weighted by atomic mass is 19.1. The van der Waals surface area contributed by atoms with Crippen molar-refractivity contribution in [1.82, 2.24) is 4.90 Å². The Morgan fingerprint density at radius 1 is 0.955 bits per heavy atom. The molecule has 0 spiro atoms. The largest absolute Gasteiger partial charge is 0.369 e. The summed E-state index contributed by atoms with van der Waals surface area (Å²) >= 11 is 0. The van der Waals surface area contributed by atoms with Crippen molar-refractivity contribution in [1.29, 1.82) is 0 Å². The van der Waals surface area contributed by atoms with E-state index in [0.717, 1.165) is 26.2 Å². The Labute approximate surface area is 132 Å². The standard InChI is InChI=1S/C19H23FN2/c1-15-4-3-5-19(14-15)22-12-10-21(11-13-22)16(2)17-6-8-18(20)9-7-17/h3-9,14,16H,10-13H2,1-2H3. The highest BCUT2D eigenvalue weighted by Gasteiger charge is 2.22. The predicted octanol–water partition coefficient (Wildman–Crippen LogP) is 4.02. The van der Waals surface area contributed by atoms with Crippen LogP contribution in [0.5, 0.6) is 0 Å². The minimum absolute atomic E-state index is 0.166. The minimum Gasteiger partial charge on any atom is -0.369 e. The topological polar surface area (TPSA) is 6.48 Å². The minimum atomic E-state index is -0.166. The van der Waals surface area contributed by atoms with Gasteiger partial charge in [0.15, 0.2) is 0 Å².